The lowest BCUT2D eigenvalue weighted by Gasteiger charge is -2.47. The van der Waals surface area contributed by atoms with Crippen molar-refractivity contribution in [3.63, 3.8) is 0 Å². The van der Waals surface area contributed by atoms with Crippen LogP contribution in [0.1, 0.15) is 52.9 Å². The van der Waals surface area contributed by atoms with E-state index < -0.39 is 0 Å². The van der Waals surface area contributed by atoms with Crippen molar-refractivity contribution in [3.05, 3.63) is 12.3 Å². The first-order valence-electron chi connectivity index (χ1n) is 7.81. The molecule has 0 radical (unpaired) electrons. The molecule has 0 atom stereocenters. The van der Waals surface area contributed by atoms with Gasteiger partial charge in [-0.15, -0.1) is 0 Å². The smallest absolute Gasteiger partial charge is 0.204 e. The van der Waals surface area contributed by atoms with Crippen molar-refractivity contribution in [2.75, 3.05) is 19.6 Å². The Morgan fingerprint density at radius 2 is 1.95 bits per heavy atom. The number of nitrogens with zero attached hydrogens (tertiary/aromatic N) is 1. The average Bonchev–Trinajstić information content (AvgIpc) is 2.41. The van der Waals surface area contributed by atoms with Gasteiger partial charge in [-0.25, -0.2) is 0 Å². The summed E-state index contributed by atoms with van der Waals surface area (Å²) in [5, 5.41) is 3.32. The normalized spacial score (nSPS) is 21.8. The second kappa shape index (κ2) is 7.67. The molecule has 0 unspecified atom stereocenters. The monoisotopic (exact) mass is 281 g/mol. The topological polar surface area (TPSA) is 58.4 Å². The fourth-order valence-corrected chi connectivity index (χ4v) is 3.47. The number of rotatable bonds is 3. The fraction of sp³-hybridized carbons (Fsp3) is 0.812. The molecule has 3 N–H and O–H groups in total. The molecule has 2 aliphatic rings. The minimum Gasteiger partial charge on any atom is -0.391 e. The van der Waals surface area contributed by atoms with Gasteiger partial charge < -0.3 is 11.1 Å². The first kappa shape index (κ1) is 17.0. The van der Waals surface area contributed by atoms with Crippen molar-refractivity contribution >= 4 is 6.41 Å². The van der Waals surface area contributed by atoms with Crippen LogP contribution in [0.3, 0.4) is 0 Å². The van der Waals surface area contributed by atoms with E-state index in [1.807, 2.05) is 0 Å². The predicted octanol–water partition coefficient (Wildman–Crippen LogP) is 2.26. The van der Waals surface area contributed by atoms with E-state index in [9.17, 15) is 0 Å². The molecule has 1 fully saturated rings. The van der Waals surface area contributed by atoms with E-state index in [-0.39, 0.29) is 6.41 Å². The highest BCUT2D eigenvalue weighted by Gasteiger charge is 2.37. The maximum absolute atomic E-state index is 8.58. The Balaban J connectivity index is 0.000000612. The van der Waals surface area contributed by atoms with E-state index in [0.717, 1.165) is 6.54 Å². The summed E-state index contributed by atoms with van der Waals surface area (Å²) in [5.74, 6) is 0. The predicted molar refractivity (Wildman–Crippen MR) is 84.2 cm³/mol. The molecular weight excluding hydrogens is 250 g/mol. The molecule has 0 aliphatic carbocycles. The standard InChI is InChI=1S/C15H28N2.CH3NO/c1-4-5-14(2,3)17-12-8-15(9-13-17)6-10-16-11-7-15;2-1-3/h6,10,16H,4-5,7-9,11-13H2,1-3H3;1H,(H2,2,3). The molecule has 1 spiro atoms. The molecule has 0 saturated carbocycles. The largest absolute Gasteiger partial charge is 0.391 e. The summed E-state index contributed by atoms with van der Waals surface area (Å²) in [4.78, 5) is 11.3. The van der Waals surface area contributed by atoms with Gasteiger partial charge in [0, 0.05) is 12.1 Å². The molecule has 4 nitrogen and oxygen atoms in total. The maximum Gasteiger partial charge on any atom is 0.204 e. The third kappa shape index (κ3) is 4.51. The molecule has 20 heavy (non-hydrogen) atoms. The third-order valence-electron chi connectivity index (χ3n) is 4.80. The van der Waals surface area contributed by atoms with Gasteiger partial charge in [-0.2, -0.15) is 0 Å². The molecular formula is C16H31N3O. The SMILES string of the molecule is CCCC(C)(C)N1CCC2(C=CNCC2)CC1.NC=O. The zero-order valence-electron chi connectivity index (χ0n) is 13.3. The molecule has 0 aromatic heterocycles. The molecule has 4 heteroatoms. The van der Waals surface area contributed by atoms with Crippen LogP contribution in [0.5, 0.6) is 0 Å². The number of carbonyl (C=O) groups is 1. The zero-order chi connectivity index (χ0) is 15.1. The number of amides is 1. The lowest BCUT2D eigenvalue weighted by molar-refractivity contribution is -0.106. The summed E-state index contributed by atoms with van der Waals surface area (Å²) in [6.07, 6.45) is 11.5. The fourth-order valence-electron chi connectivity index (χ4n) is 3.47. The Hall–Kier alpha value is -1.03. The number of nitrogens with one attached hydrogen (secondary N) is 1. The Labute approximate surface area is 123 Å². The Kier molecular flexibility index (Phi) is 6.53. The lowest BCUT2D eigenvalue weighted by Crippen LogP contribution is -2.51. The van der Waals surface area contributed by atoms with Crippen molar-refractivity contribution in [1.82, 2.24) is 10.2 Å². The molecule has 0 bridgehead atoms. The van der Waals surface area contributed by atoms with Crippen molar-refractivity contribution in [2.45, 2.75) is 58.4 Å². The highest BCUT2D eigenvalue weighted by atomic mass is 16.1. The number of nitrogens with two attached hydrogens (primary N) is 1. The number of hydrogen-bond donors (Lipinski definition) is 2. The Morgan fingerprint density at radius 3 is 2.40 bits per heavy atom. The molecule has 2 aliphatic heterocycles. The van der Waals surface area contributed by atoms with Crippen LogP contribution in [0, 0.1) is 5.41 Å². The van der Waals surface area contributed by atoms with Crippen LogP contribution in [0.25, 0.3) is 0 Å². The van der Waals surface area contributed by atoms with E-state index in [0.29, 0.717) is 11.0 Å². The summed E-state index contributed by atoms with van der Waals surface area (Å²) < 4.78 is 0. The van der Waals surface area contributed by atoms with Gasteiger partial charge in [-0.05, 0) is 64.2 Å². The van der Waals surface area contributed by atoms with Gasteiger partial charge in [0.05, 0.1) is 0 Å². The number of piperidine rings is 1. The molecule has 2 rings (SSSR count). The van der Waals surface area contributed by atoms with Crippen LogP contribution in [0.15, 0.2) is 12.3 Å². The van der Waals surface area contributed by atoms with Crippen LogP contribution < -0.4 is 11.1 Å². The summed E-state index contributed by atoms with van der Waals surface area (Å²) in [6, 6.07) is 0. The number of likely N-dealkylation sites (tertiary alicyclic amines) is 1. The summed E-state index contributed by atoms with van der Waals surface area (Å²) >= 11 is 0. The highest BCUT2D eigenvalue weighted by Crippen LogP contribution is 2.39. The van der Waals surface area contributed by atoms with Crippen LogP contribution in [-0.2, 0) is 4.79 Å². The molecule has 0 aromatic rings. The summed E-state index contributed by atoms with van der Waals surface area (Å²) in [6.45, 7) is 10.8. The second-order valence-electron chi connectivity index (χ2n) is 6.59. The molecule has 2 heterocycles. The van der Waals surface area contributed by atoms with Gasteiger partial charge >= 0.3 is 0 Å². The van der Waals surface area contributed by atoms with Gasteiger partial charge in [-0.3, -0.25) is 9.69 Å². The first-order chi connectivity index (χ1) is 9.49. The molecule has 116 valence electrons. The maximum atomic E-state index is 8.58. The van der Waals surface area contributed by atoms with Gasteiger partial charge in [0.25, 0.3) is 0 Å². The van der Waals surface area contributed by atoms with Gasteiger partial charge in [0.15, 0.2) is 0 Å². The van der Waals surface area contributed by atoms with Gasteiger partial charge in [-0.1, -0.05) is 19.4 Å². The second-order valence-corrected chi connectivity index (χ2v) is 6.59. The Morgan fingerprint density at radius 1 is 1.35 bits per heavy atom. The lowest BCUT2D eigenvalue weighted by atomic mass is 9.73. The quantitative estimate of drug-likeness (QED) is 0.780. The van der Waals surface area contributed by atoms with E-state index in [1.54, 1.807) is 0 Å². The molecule has 0 aromatic carbocycles. The number of allylic oxidation sites excluding steroid dienone is 1. The van der Waals surface area contributed by atoms with Crippen molar-refractivity contribution in [1.29, 1.82) is 0 Å². The van der Waals surface area contributed by atoms with E-state index >= 15 is 0 Å². The summed E-state index contributed by atoms with van der Waals surface area (Å²) in [7, 11) is 0. The van der Waals surface area contributed by atoms with Crippen LogP contribution in [0.2, 0.25) is 0 Å². The molecule has 1 amide bonds. The van der Waals surface area contributed by atoms with E-state index in [2.05, 4.69) is 49.0 Å². The molecule has 1 saturated heterocycles. The minimum atomic E-state index is 0.250. The Bertz CT molecular complexity index is 318. The van der Waals surface area contributed by atoms with E-state index in [1.165, 1.54) is 45.2 Å². The van der Waals surface area contributed by atoms with Crippen molar-refractivity contribution < 1.29 is 4.79 Å². The highest BCUT2D eigenvalue weighted by molar-refractivity contribution is 5.42. The third-order valence-corrected chi connectivity index (χ3v) is 4.80. The van der Waals surface area contributed by atoms with Crippen molar-refractivity contribution in [2.24, 2.45) is 11.1 Å². The zero-order valence-corrected chi connectivity index (χ0v) is 13.3. The van der Waals surface area contributed by atoms with E-state index in [4.69, 9.17) is 4.79 Å². The summed E-state index contributed by atoms with van der Waals surface area (Å²) in [5.41, 5.74) is 5.08. The van der Waals surface area contributed by atoms with Crippen LogP contribution >= 0.6 is 0 Å². The van der Waals surface area contributed by atoms with Gasteiger partial charge in [0.1, 0.15) is 0 Å². The minimum absolute atomic E-state index is 0.250. The number of primary amides is 1. The average molecular weight is 281 g/mol. The first-order valence-corrected chi connectivity index (χ1v) is 7.81. The van der Waals surface area contributed by atoms with Crippen LogP contribution in [-0.4, -0.2) is 36.5 Å². The van der Waals surface area contributed by atoms with Crippen LogP contribution in [0.4, 0.5) is 0 Å². The van der Waals surface area contributed by atoms with Gasteiger partial charge in [0.2, 0.25) is 6.41 Å². The number of hydrogen-bond acceptors (Lipinski definition) is 3. The number of carbonyl (C=O) groups excluding carboxylic acids is 1. The van der Waals surface area contributed by atoms with Crippen molar-refractivity contribution in [3.8, 4) is 0 Å².